The summed E-state index contributed by atoms with van der Waals surface area (Å²) in [7, 11) is 1.94. The minimum absolute atomic E-state index is 0.413. The third-order valence-electron chi connectivity index (χ3n) is 2.39. The van der Waals surface area contributed by atoms with Crippen LogP contribution >= 0.6 is 11.3 Å². The van der Waals surface area contributed by atoms with Gasteiger partial charge in [0.05, 0.1) is 12.8 Å². The first kappa shape index (κ1) is 11.9. The molecule has 17 heavy (non-hydrogen) atoms. The molecular formula is C12H13NO3S. The Morgan fingerprint density at radius 3 is 2.94 bits per heavy atom. The molecule has 5 heteroatoms. The summed E-state index contributed by atoms with van der Waals surface area (Å²) in [5, 5.41) is 10.8. The highest BCUT2D eigenvalue weighted by molar-refractivity contribution is 7.12. The summed E-state index contributed by atoms with van der Waals surface area (Å²) >= 11 is 1.26. The van der Waals surface area contributed by atoms with Gasteiger partial charge in [-0.1, -0.05) is 0 Å². The van der Waals surface area contributed by atoms with Gasteiger partial charge in [-0.15, -0.1) is 11.3 Å². The molecule has 0 unspecified atom stereocenters. The highest BCUT2D eigenvalue weighted by Gasteiger charge is 2.13. The molecule has 0 aliphatic heterocycles. The van der Waals surface area contributed by atoms with Gasteiger partial charge in [-0.3, -0.25) is 4.90 Å². The minimum atomic E-state index is -0.860. The fourth-order valence-corrected chi connectivity index (χ4v) is 2.42. The molecule has 0 radical (unpaired) electrons. The maximum absolute atomic E-state index is 11.0. The molecule has 0 saturated carbocycles. The van der Waals surface area contributed by atoms with Crippen molar-refractivity contribution in [3.05, 3.63) is 46.0 Å². The number of furan rings is 1. The van der Waals surface area contributed by atoms with Crippen molar-refractivity contribution in [1.82, 2.24) is 4.90 Å². The highest BCUT2D eigenvalue weighted by Crippen LogP contribution is 2.19. The first-order chi connectivity index (χ1) is 8.16. The van der Waals surface area contributed by atoms with Crippen molar-refractivity contribution >= 4 is 17.3 Å². The lowest BCUT2D eigenvalue weighted by molar-refractivity contribution is 0.0700. The second-order valence-corrected chi connectivity index (χ2v) is 4.75. The summed E-state index contributed by atoms with van der Waals surface area (Å²) in [6, 6.07) is 5.60. The second-order valence-electron chi connectivity index (χ2n) is 3.83. The molecule has 0 atom stereocenters. The van der Waals surface area contributed by atoms with Crippen LogP contribution in [0, 0.1) is 0 Å². The van der Waals surface area contributed by atoms with E-state index in [4.69, 9.17) is 9.52 Å². The molecule has 90 valence electrons. The Hall–Kier alpha value is -1.59. The molecule has 2 rings (SSSR count). The van der Waals surface area contributed by atoms with Gasteiger partial charge in [-0.2, -0.15) is 0 Å². The Bertz CT molecular complexity index is 490. The zero-order valence-electron chi connectivity index (χ0n) is 9.42. The normalized spacial score (nSPS) is 10.9. The summed E-state index contributed by atoms with van der Waals surface area (Å²) in [6.45, 7) is 1.27. The van der Waals surface area contributed by atoms with Gasteiger partial charge in [-0.05, 0) is 36.2 Å². The van der Waals surface area contributed by atoms with Crippen molar-refractivity contribution in [1.29, 1.82) is 0 Å². The van der Waals surface area contributed by atoms with Crippen LogP contribution in [-0.2, 0) is 13.1 Å². The first-order valence-corrected chi connectivity index (χ1v) is 6.05. The average Bonchev–Trinajstić information content (AvgIpc) is 2.88. The molecule has 2 heterocycles. The predicted molar refractivity (Wildman–Crippen MR) is 65.2 cm³/mol. The Labute approximate surface area is 103 Å². The van der Waals surface area contributed by atoms with E-state index in [0.717, 1.165) is 11.3 Å². The molecule has 2 aromatic heterocycles. The van der Waals surface area contributed by atoms with E-state index in [1.54, 1.807) is 11.6 Å². The quantitative estimate of drug-likeness (QED) is 0.887. The second kappa shape index (κ2) is 5.16. The third-order valence-corrected chi connectivity index (χ3v) is 3.33. The summed E-state index contributed by atoms with van der Waals surface area (Å²) in [4.78, 5) is 13.4. The molecule has 4 nitrogen and oxygen atoms in total. The van der Waals surface area contributed by atoms with Crippen LogP contribution in [0.1, 0.15) is 21.0 Å². The van der Waals surface area contributed by atoms with E-state index >= 15 is 0 Å². The number of carboxylic acid groups (broad SMARTS) is 1. The summed E-state index contributed by atoms with van der Waals surface area (Å²) in [5.74, 6) is 0.0148. The van der Waals surface area contributed by atoms with Crippen molar-refractivity contribution in [2.24, 2.45) is 0 Å². The molecule has 0 aromatic carbocycles. The fraction of sp³-hybridized carbons (Fsp3) is 0.250. The van der Waals surface area contributed by atoms with Gasteiger partial charge >= 0.3 is 5.97 Å². The van der Waals surface area contributed by atoms with Crippen molar-refractivity contribution in [3.8, 4) is 0 Å². The highest BCUT2D eigenvalue weighted by atomic mass is 32.1. The van der Waals surface area contributed by atoms with Gasteiger partial charge in [0.15, 0.2) is 0 Å². The van der Waals surface area contributed by atoms with E-state index in [1.165, 1.54) is 11.3 Å². The molecule has 0 spiro atoms. The van der Waals surface area contributed by atoms with Crippen molar-refractivity contribution in [2.45, 2.75) is 13.1 Å². The van der Waals surface area contributed by atoms with Gasteiger partial charge in [-0.25, -0.2) is 4.79 Å². The third kappa shape index (κ3) is 2.95. The lowest BCUT2D eigenvalue weighted by Crippen LogP contribution is -2.17. The largest absolute Gasteiger partial charge is 0.477 e. The van der Waals surface area contributed by atoms with Crippen LogP contribution in [0.4, 0.5) is 0 Å². The van der Waals surface area contributed by atoms with Crippen LogP contribution in [0.3, 0.4) is 0 Å². The van der Waals surface area contributed by atoms with Crippen molar-refractivity contribution in [3.63, 3.8) is 0 Å². The van der Waals surface area contributed by atoms with E-state index in [2.05, 4.69) is 0 Å². The standard InChI is InChI=1S/C12H13NO3S/c1-13(8-10-3-2-5-16-10)7-9-4-6-17-11(9)12(14)15/h2-6H,7-8H2,1H3,(H,14,15). The predicted octanol–water partition coefficient (Wildman–Crippen LogP) is 2.67. The minimum Gasteiger partial charge on any atom is -0.477 e. The molecular weight excluding hydrogens is 238 g/mol. The first-order valence-electron chi connectivity index (χ1n) is 5.17. The topological polar surface area (TPSA) is 53.7 Å². The monoisotopic (exact) mass is 251 g/mol. The molecule has 0 saturated heterocycles. The number of hydrogen-bond acceptors (Lipinski definition) is 4. The zero-order chi connectivity index (χ0) is 12.3. The molecule has 0 bridgehead atoms. The fourth-order valence-electron chi connectivity index (χ4n) is 1.66. The number of nitrogens with zero attached hydrogens (tertiary/aromatic N) is 1. The molecule has 0 aliphatic carbocycles. The Morgan fingerprint density at radius 2 is 2.29 bits per heavy atom. The van der Waals surface area contributed by atoms with E-state index in [9.17, 15) is 4.79 Å². The SMILES string of the molecule is CN(Cc1ccco1)Cc1ccsc1C(=O)O. The number of carbonyl (C=O) groups is 1. The van der Waals surface area contributed by atoms with Crippen LogP contribution in [-0.4, -0.2) is 23.0 Å². The maximum atomic E-state index is 11.0. The van der Waals surface area contributed by atoms with Crippen LogP contribution < -0.4 is 0 Å². The van der Waals surface area contributed by atoms with Gasteiger partial charge in [0.1, 0.15) is 10.6 Å². The molecule has 0 amide bonds. The van der Waals surface area contributed by atoms with Crippen LogP contribution in [0.5, 0.6) is 0 Å². The number of carboxylic acids is 1. The van der Waals surface area contributed by atoms with Gasteiger partial charge in [0.2, 0.25) is 0 Å². The summed E-state index contributed by atoms with van der Waals surface area (Å²) < 4.78 is 5.25. The lowest BCUT2D eigenvalue weighted by atomic mass is 10.2. The molecule has 0 aliphatic rings. The molecule has 0 fully saturated rings. The van der Waals surface area contributed by atoms with Crippen molar-refractivity contribution < 1.29 is 14.3 Å². The van der Waals surface area contributed by atoms with E-state index in [-0.39, 0.29) is 0 Å². The molecule has 2 aromatic rings. The van der Waals surface area contributed by atoms with Crippen molar-refractivity contribution in [2.75, 3.05) is 7.05 Å². The smallest absolute Gasteiger partial charge is 0.346 e. The lowest BCUT2D eigenvalue weighted by Gasteiger charge is -2.14. The maximum Gasteiger partial charge on any atom is 0.346 e. The Balaban J connectivity index is 2.00. The Kier molecular flexibility index (Phi) is 3.61. The van der Waals surface area contributed by atoms with E-state index in [0.29, 0.717) is 18.0 Å². The number of rotatable bonds is 5. The number of aromatic carboxylic acids is 1. The zero-order valence-corrected chi connectivity index (χ0v) is 10.2. The molecule has 1 N–H and O–H groups in total. The van der Waals surface area contributed by atoms with Crippen LogP contribution in [0.25, 0.3) is 0 Å². The van der Waals surface area contributed by atoms with E-state index in [1.807, 2.05) is 30.1 Å². The average molecular weight is 251 g/mol. The summed E-state index contributed by atoms with van der Waals surface area (Å²) in [6.07, 6.45) is 1.64. The summed E-state index contributed by atoms with van der Waals surface area (Å²) in [5.41, 5.74) is 0.844. The van der Waals surface area contributed by atoms with Gasteiger partial charge in [0, 0.05) is 6.54 Å². The van der Waals surface area contributed by atoms with Gasteiger partial charge in [0.25, 0.3) is 0 Å². The van der Waals surface area contributed by atoms with Crippen LogP contribution in [0.15, 0.2) is 34.3 Å². The number of thiophene rings is 1. The number of hydrogen-bond donors (Lipinski definition) is 1. The van der Waals surface area contributed by atoms with Crippen LogP contribution in [0.2, 0.25) is 0 Å². The Morgan fingerprint density at radius 1 is 1.47 bits per heavy atom. The van der Waals surface area contributed by atoms with E-state index < -0.39 is 5.97 Å². The van der Waals surface area contributed by atoms with Gasteiger partial charge < -0.3 is 9.52 Å².